The molecule has 0 unspecified atom stereocenters. The Bertz CT molecular complexity index is 2230. The van der Waals surface area contributed by atoms with Crippen molar-refractivity contribution < 1.29 is 86.1 Å². The third-order valence-corrected chi connectivity index (χ3v) is 11.6. The first-order valence-electron chi connectivity index (χ1n) is 22.5. The number of nitrogens with one attached hydrogen (secondary N) is 4. The molecular weight excluding hydrogens is 970 g/mol. The van der Waals surface area contributed by atoms with Gasteiger partial charge in [0.2, 0.25) is 29.5 Å². The number of nitrogens with zero attached hydrogens (tertiary/aromatic N) is 3. The van der Waals surface area contributed by atoms with Crippen LogP contribution in [0.25, 0.3) is 0 Å². The van der Waals surface area contributed by atoms with E-state index in [9.17, 15) is 67.4 Å². The largest absolute Gasteiger partial charge is 0.480 e. The summed E-state index contributed by atoms with van der Waals surface area (Å²) < 4.78 is 33.3. The third-order valence-electron chi connectivity index (χ3n) is 11.1. The van der Waals surface area contributed by atoms with Crippen molar-refractivity contribution in [3.63, 3.8) is 0 Å². The van der Waals surface area contributed by atoms with Crippen molar-refractivity contribution in [2.45, 2.75) is 130 Å². The molecule has 0 aliphatic heterocycles. The zero-order valence-corrected chi connectivity index (χ0v) is 43.9. The lowest BCUT2D eigenvalue weighted by molar-refractivity contribution is -0.167. The number of allylic oxidation sites excluding steroid dienone is 1. The molecule has 0 heterocycles. The van der Waals surface area contributed by atoms with Crippen LogP contribution in [0.3, 0.4) is 0 Å². The number of phosphoric ester groups is 1. The Labute approximate surface area is 418 Å². The number of benzene rings is 1. The Kier molecular flexibility index (Phi) is 25.1. The first-order valence-corrected chi connectivity index (χ1v) is 24.0. The normalized spacial score (nSPS) is 15.4. The molecule has 0 saturated heterocycles. The zero-order chi connectivity index (χ0) is 55.7. The number of carboxylic acid groups (broad SMARTS) is 1. The molecule has 402 valence electrons. The van der Waals surface area contributed by atoms with Gasteiger partial charge in [0.25, 0.3) is 11.8 Å². The van der Waals surface area contributed by atoms with Crippen LogP contribution in [0.15, 0.2) is 54.4 Å². The van der Waals surface area contributed by atoms with Crippen LogP contribution in [0.4, 0.5) is 0 Å². The Morgan fingerprint density at radius 3 is 1.76 bits per heavy atom. The van der Waals surface area contributed by atoms with Gasteiger partial charge in [0.05, 0.1) is 6.10 Å². The van der Waals surface area contributed by atoms with Crippen molar-refractivity contribution >= 4 is 67.1 Å². The molecule has 7 N–H and O–H groups in total. The molecule has 1 aromatic rings. The monoisotopic (exact) mass is 1040 g/mol. The number of rotatable bonds is 27. The first-order chi connectivity index (χ1) is 33.2. The highest BCUT2D eigenvalue weighted by Crippen LogP contribution is 2.40. The van der Waals surface area contributed by atoms with E-state index in [1.165, 1.54) is 89.6 Å². The van der Waals surface area contributed by atoms with E-state index in [0.29, 0.717) is 5.56 Å². The molecule has 0 bridgehead atoms. The molecule has 1 rings (SSSR count). The smallest absolute Gasteiger partial charge is 0.469 e. The van der Waals surface area contributed by atoms with Crippen molar-refractivity contribution in [1.29, 1.82) is 0 Å². The van der Waals surface area contributed by atoms with Gasteiger partial charge in [-0.05, 0) is 45.1 Å². The van der Waals surface area contributed by atoms with Gasteiger partial charge in [0.15, 0.2) is 18.2 Å². The molecular formula is C46H70N7O18P. The zero-order valence-electron chi connectivity index (χ0n) is 43.0. The van der Waals surface area contributed by atoms with Crippen LogP contribution in [0.5, 0.6) is 0 Å². The fraction of sp³-hybridized carbons (Fsp3) is 0.565. The van der Waals surface area contributed by atoms with E-state index in [4.69, 9.17) is 18.7 Å². The van der Waals surface area contributed by atoms with Gasteiger partial charge in [-0.2, -0.15) is 0 Å². The van der Waals surface area contributed by atoms with Gasteiger partial charge < -0.3 is 65.1 Å². The first kappa shape index (κ1) is 63.5. The molecule has 25 nitrogen and oxygen atoms in total. The fourth-order valence-electron chi connectivity index (χ4n) is 6.89. The van der Waals surface area contributed by atoms with E-state index in [1.54, 1.807) is 30.3 Å². The highest BCUT2D eigenvalue weighted by atomic mass is 31.2. The summed E-state index contributed by atoms with van der Waals surface area (Å²) in [4.78, 5) is 155. The van der Waals surface area contributed by atoms with Crippen LogP contribution < -0.4 is 21.3 Å². The van der Waals surface area contributed by atoms with E-state index in [2.05, 4.69) is 27.8 Å². The van der Waals surface area contributed by atoms with Crippen LogP contribution in [0.1, 0.15) is 74.8 Å². The average molecular weight is 1040 g/mol. The fourth-order valence-corrected chi connectivity index (χ4v) is 7.57. The lowest BCUT2D eigenvalue weighted by Crippen LogP contribution is -2.63. The highest BCUT2D eigenvalue weighted by molar-refractivity contribution is 7.46. The van der Waals surface area contributed by atoms with Crippen LogP contribution in [-0.4, -0.2) is 172 Å². The number of carbonyl (C=O) groups excluding carboxylic acids is 9. The Morgan fingerprint density at radius 2 is 1.31 bits per heavy atom. The second-order valence-electron chi connectivity index (χ2n) is 17.4. The number of ether oxygens (including phenoxy) is 3. The molecule has 7 amide bonds. The summed E-state index contributed by atoms with van der Waals surface area (Å²) >= 11 is 0. The number of hydrogen-bond acceptors (Lipinski definition) is 15. The molecule has 0 radical (unpaired) electrons. The Morgan fingerprint density at radius 1 is 0.750 bits per heavy atom. The van der Waals surface area contributed by atoms with Crippen molar-refractivity contribution in [2.24, 2.45) is 11.8 Å². The Balaban J connectivity index is 3.57. The van der Waals surface area contributed by atoms with Crippen LogP contribution >= 0.6 is 7.82 Å². The van der Waals surface area contributed by atoms with Crippen molar-refractivity contribution in [2.75, 3.05) is 28.3 Å². The molecule has 0 aliphatic rings. The standard InChI is InChI=1S/C46H70N7O18P/c1-16-32(48-29(10)54)45(63)69-33(22-31-20-18-17-19-21-31)42(59)52(13)26(7)39(56)47-25(6)41(58)51(12)27(8)40(57)50-34(43(60)53(14)36(44(61)62)28(9)68-15)37(23(2)3)70-46(64)35(49-30(11)55)38(24(4)5)71-72(65,66)67/h16-21,23-25,27-28,33-38H,7,22H2,1-6,8-15H3,(H,47,56)(H,48,54)(H,49,55)(H,50,57)(H,61,62)(H2,65,66,67)/b32-16-/t25-,27-,28+,33+,34-,35-,36-,37+,38+/m0/s1. The number of esters is 2. The molecule has 0 saturated carbocycles. The molecule has 0 aliphatic carbocycles. The summed E-state index contributed by atoms with van der Waals surface area (Å²) in [6.45, 7) is 16.9. The van der Waals surface area contributed by atoms with E-state index < -0.39 is 139 Å². The van der Waals surface area contributed by atoms with Crippen molar-refractivity contribution in [1.82, 2.24) is 36.0 Å². The van der Waals surface area contributed by atoms with Crippen LogP contribution in [0, 0.1) is 11.8 Å². The molecule has 0 fully saturated rings. The van der Waals surface area contributed by atoms with Crippen LogP contribution in [0.2, 0.25) is 0 Å². The maximum absolute atomic E-state index is 14.4. The highest BCUT2D eigenvalue weighted by Gasteiger charge is 2.45. The van der Waals surface area contributed by atoms with E-state index in [0.717, 1.165) is 28.7 Å². The maximum Gasteiger partial charge on any atom is 0.469 e. The minimum Gasteiger partial charge on any atom is -0.480 e. The summed E-state index contributed by atoms with van der Waals surface area (Å²) in [6.07, 6.45) is -4.96. The Hall–Kier alpha value is -6.53. The average Bonchev–Trinajstić information content (AvgIpc) is 3.29. The van der Waals surface area contributed by atoms with Gasteiger partial charge in [-0.15, -0.1) is 0 Å². The summed E-state index contributed by atoms with van der Waals surface area (Å²) in [5, 5.41) is 19.5. The predicted molar refractivity (Wildman–Crippen MR) is 256 cm³/mol. The molecule has 26 heteroatoms. The lowest BCUT2D eigenvalue weighted by atomic mass is 9.95. The third kappa shape index (κ3) is 18.9. The van der Waals surface area contributed by atoms with Gasteiger partial charge in [0, 0.05) is 48.5 Å². The van der Waals surface area contributed by atoms with Gasteiger partial charge in [0.1, 0.15) is 41.7 Å². The van der Waals surface area contributed by atoms with Gasteiger partial charge in [-0.3, -0.25) is 38.1 Å². The topological polar surface area (TPSA) is 343 Å². The summed E-state index contributed by atoms with van der Waals surface area (Å²) in [7, 11) is -0.664. The summed E-state index contributed by atoms with van der Waals surface area (Å²) in [5.41, 5.74) is -0.163. The number of phosphoric acid groups is 1. The van der Waals surface area contributed by atoms with Crippen LogP contribution in [-0.2, 0) is 77.7 Å². The minimum absolute atomic E-state index is 0.151. The molecule has 1 aromatic carbocycles. The summed E-state index contributed by atoms with van der Waals surface area (Å²) in [5.74, 6) is -12.1. The lowest BCUT2D eigenvalue weighted by Gasteiger charge is -2.37. The number of likely N-dealkylation sites (N-methyl/N-ethyl adjacent to an activating group) is 3. The quantitative estimate of drug-likeness (QED) is 0.0350. The van der Waals surface area contributed by atoms with Gasteiger partial charge in [-0.1, -0.05) is 70.7 Å². The van der Waals surface area contributed by atoms with Crippen molar-refractivity contribution in [3.8, 4) is 0 Å². The molecule has 9 atom stereocenters. The molecule has 0 aromatic heterocycles. The molecule has 72 heavy (non-hydrogen) atoms. The number of hydrogen-bond donors (Lipinski definition) is 7. The van der Waals surface area contributed by atoms with E-state index in [1.807, 2.05) is 0 Å². The number of aliphatic carboxylic acids is 1. The number of carboxylic acids is 1. The number of amides is 7. The SMILES string of the molecule is C=C(C(=O)N[C@@H](C)C(=O)N(C)[C@@H](C)C(=O)N[C@H](C(=O)N(C)[C@H](C(=O)O)[C@@H](C)OC)[C@H](OC(=O)[C@@H](NC(C)=O)[C@H](OP(=O)(O)O)C(C)C)C(C)C)N(C)C(=O)[C@@H](Cc1ccccc1)OC(=O)/C(=C/C)NC(C)=O. The van der Waals surface area contributed by atoms with Gasteiger partial charge >= 0.3 is 25.7 Å². The summed E-state index contributed by atoms with van der Waals surface area (Å²) in [6, 6.07) is -0.0103. The predicted octanol–water partition coefficient (Wildman–Crippen LogP) is 0.142. The molecule has 0 spiro atoms. The maximum atomic E-state index is 14.4. The van der Waals surface area contributed by atoms with Crippen molar-refractivity contribution in [3.05, 3.63) is 59.9 Å². The van der Waals surface area contributed by atoms with Gasteiger partial charge in [-0.25, -0.2) is 18.9 Å². The number of carbonyl (C=O) groups is 10. The number of methoxy groups -OCH3 is 1. The second kappa shape index (κ2) is 28.5. The van der Waals surface area contributed by atoms with E-state index in [-0.39, 0.29) is 12.1 Å². The minimum atomic E-state index is -5.30. The van der Waals surface area contributed by atoms with E-state index >= 15 is 0 Å². The second-order valence-corrected chi connectivity index (χ2v) is 18.6.